The van der Waals surface area contributed by atoms with Crippen molar-refractivity contribution in [1.82, 2.24) is 29.4 Å². The molecule has 0 atom stereocenters. The van der Waals surface area contributed by atoms with E-state index < -0.39 is 0 Å². The molecule has 0 radical (unpaired) electrons. The second kappa shape index (κ2) is 9.79. The molecule has 7 nitrogen and oxygen atoms in total. The largest absolute Gasteiger partial charge is 0.338 e. The van der Waals surface area contributed by atoms with Crippen molar-refractivity contribution < 1.29 is 0 Å². The van der Waals surface area contributed by atoms with E-state index in [0.29, 0.717) is 5.15 Å². The maximum Gasteiger partial charge on any atom is 0.227 e. The van der Waals surface area contributed by atoms with Gasteiger partial charge in [-0.1, -0.05) is 50.6 Å². The topological polar surface area (TPSA) is 63.0 Å². The number of nitrogens with zero attached hydrogens (tertiary/aromatic N) is 7. The molecule has 4 heterocycles. The Hall–Kier alpha value is -3.03. The Morgan fingerprint density at radius 1 is 0.972 bits per heavy atom. The van der Waals surface area contributed by atoms with Gasteiger partial charge in [0, 0.05) is 52.4 Å². The number of halogens is 1. The highest BCUT2D eigenvalue weighted by atomic mass is 35.5. The molecule has 3 aromatic heterocycles. The molecule has 188 valence electrons. The van der Waals surface area contributed by atoms with Gasteiger partial charge in [-0.2, -0.15) is 4.98 Å². The van der Waals surface area contributed by atoms with Crippen molar-refractivity contribution >= 4 is 28.7 Å². The van der Waals surface area contributed by atoms with Crippen LogP contribution in [0.4, 0.5) is 5.95 Å². The minimum Gasteiger partial charge on any atom is -0.338 e. The molecule has 36 heavy (non-hydrogen) atoms. The van der Waals surface area contributed by atoms with Gasteiger partial charge in [0.25, 0.3) is 0 Å². The Morgan fingerprint density at radius 3 is 2.47 bits per heavy atom. The molecule has 0 amide bonds. The summed E-state index contributed by atoms with van der Waals surface area (Å²) in [5.41, 5.74) is 8.00. The Kier molecular flexibility index (Phi) is 6.70. The van der Waals surface area contributed by atoms with E-state index in [1.54, 1.807) is 6.20 Å². The normalized spacial score (nSPS) is 15.1. The van der Waals surface area contributed by atoms with E-state index in [0.717, 1.165) is 62.0 Å². The first-order valence-corrected chi connectivity index (χ1v) is 12.9. The summed E-state index contributed by atoms with van der Waals surface area (Å²) in [4.78, 5) is 23.4. The molecule has 0 saturated carbocycles. The van der Waals surface area contributed by atoms with Crippen LogP contribution in [0.5, 0.6) is 0 Å². The van der Waals surface area contributed by atoms with Crippen LogP contribution in [-0.2, 0) is 25.4 Å². The number of benzene rings is 1. The maximum absolute atomic E-state index is 6.07. The molecule has 1 aliphatic rings. The van der Waals surface area contributed by atoms with Crippen molar-refractivity contribution in [3.05, 3.63) is 76.0 Å². The average molecular weight is 504 g/mol. The third-order valence-electron chi connectivity index (χ3n) is 7.06. The van der Waals surface area contributed by atoms with Crippen LogP contribution in [0.2, 0.25) is 5.15 Å². The first-order valence-electron chi connectivity index (χ1n) is 12.5. The van der Waals surface area contributed by atoms with Gasteiger partial charge in [0.1, 0.15) is 10.7 Å². The summed E-state index contributed by atoms with van der Waals surface area (Å²) in [5, 5.41) is 0.541. The molecule has 0 aliphatic carbocycles. The quantitative estimate of drug-likeness (QED) is 0.360. The van der Waals surface area contributed by atoms with Gasteiger partial charge in [-0.15, -0.1) is 0 Å². The smallest absolute Gasteiger partial charge is 0.227 e. The number of anilines is 1. The van der Waals surface area contributed by atoms with E-state index in [1.165, 1.54) is 22.3 Å². The molecule has 0 bridgehead atoms. The van der Waals surface area contributed by atoms with Crippen LogP contribution in [0.3, 0.4) is 0 Å². The first kappa shape index (κ1) is 24.7. The van der Waals surface area contributed by atoms with Crippen LogP contribution in [0, 0.1) is 6.92 Å². The summed E-state index contributed by atoms with van der Waals surface area (Å²) >= 11 is 6.07. The van der Waals surface area contributed by atoms with Crippen molar-refractivity contribution in [2.24, 2.45) is 7.05 Å². The highest BCUT2D eigenvalue weighted by Crippen LogP contribution is 2.28. The predicted octanol–water partition coefficient (Wildman–Crippen LogP) is 4.93. The van der Waals surface area contributed by atoms with Crippen molar-refractivity contribution in [1.29, 1.82) is 0 Å². The van der Waals surface area contributed by atoms with Crippen LogP contribution < -0.4 is 4.90 Å². The van der Waals surface area contributed by atoms with Crippen molar-refractivity contribution in [3.8, 4) is 0 Å². The molecule has 5 rings (SSSR count). The standard InChI is InChI=1S/C28H34ClN7/c1-19-6-7-22(28(2,3)4)15-21(19)16-23-25-26(31-18-34(25)5)33-27(32-23)36-12-10-35(11-13-36)17-20-8-9-30-24(29)14-20/h6-9,14-15,18H,10-13,16-17H2,1-5H3. The first-order chi connectivity index (χ1) is 17.2. The van der Waals surface area contributed by atoms with E-state index >= 15 is 0 Å². The number of fused-ring (bicyclic) bond motifs is 1. The van der Waals surface area contributed by atoms with Gasteiger partial charge in [-0.3, -0.25) is 4.90 Å². The summed E-state index contributed by atoms with van der Waals surface area (Å²) in [5.74, 6) is 0.771. The van der Waals surface area contributed by atoms with Crippen LogP contribution in [-0.4, -0.2) is 55.6 Å². The lowest BCUT2D eigenvalue weighted by Gasteiger charge is -2.34. The van der Waals surface area contributed by atoms with Crippen LogP contribution in [0.25, 0.3) is 11.2 Å². The monoisotopic (exact) mass is 503 g/mol. The lowest BCUT2D eigenvalue weighted by atomic mass is 9.84. The fraction of sp³-hybridized carbons (Fsp3) is 0.429. The van der Waals surface area contributed by atoms with Gasteiger partial charge in [-0.25, -0.2) is 15.0 Å². The van der Waals surface area contributed by atoms with Crippen LogP contribution in [0.1, 0.15) is 48.7 Å². The Labute approximate surface area is 218 Å². The number of imidazole rings is 1. The lowest BCUT2D eigenvalue weighted by Crippen LogP contribution is -2.46. The summed E-state index contributed by atoms with van der Waals surface area (Å²) < 4.78 is 2.04. The number of aromatic nitrogens is 5. The number of hydrogen-bond donors (Lipinski definition) is 0. The highest BCUT2D eigenvalue weighted by molar-refractivity contribution is 6.29. The molecule has 0 spiro atoms. The van der Waals surface area contributed by atoms with Gasteiger partial charge < -0.3 is 9.47 Å². The SMILES string of the molecule is Cc1ccc(C(C)(C)C)cc1Cc1nc(N2CCN(Cc3ccnc(Cl)c3)CC2)nc2ncn(C)c12. The van der Waals surface area contributed by atoms with Gasteiger partial charge in [0.2, 0.25) is 5.95 Å². The minimum absolute atomic E-state index is 0.0996. The van der Waals surface area contributed by atoms with E-state index in [9.17, 15) is 0 Å². The van der Waals surface area contributed by atoms with Gasteiger partial charge in [-0.05, 0) is 46.7 Å². The lowest BCUT2D eigenvalue weighted by molar-refractivity contribution is 0.248. The van der Waals surface area contributed by atoms with Gasteiger partial charge in [0.05, 0.1) is 12.0 Å². The molecule has 1 saturated heterocycles. The summed E-state index contributed by atoms with van der Waals surface area (Å²) in [6.45, 7) is 13.4. The maximum atomic E-state index is 6.07. The zero-order valence-corrected chi connectivity index (χ0v) is 22.5. The van der Waals surface area contributed by atoms with E-state index in [1.807, 2.05) is 30.1 Å². The summed E-state index contributed by atoms with van der Waals surface area (Å²) in [7, 11) is 2.02. The number of aryl methyl sites for hydroxylation is 2. The molecule has 8 heteroatoms. The zero-order valence-electron chi connectivity index (χ0n) is 21.8. The number of hydrogen-bond acceptors (Lipinski definition) is 6. The Balaban J connectivity index is 1.39. The molecule has 1 fully saturated rings. The van der Waals surface area contributed by atoms with Crippen LogP contribution >= 0.6 is 11.6 Å². The molecule has 0 unspecified atom stereocenters. The fourth-order valence-corrected chi connectivity index (χ4v) is 5.00. The minimum atomic E-state index is 0.0996. The highest BCUT2D eigenvalue weighted by Gasteiger charge is 2.23. The molecule has 0 N–H and O–H groups in total. The number of rotatable bonds is 5. The second-order valence-electron chi connectivity index (χ2n) is 10.8. The molecular weight excluding hydrogens is 470 g/mol. The van der Waals surface area contributed by atoms with Gasteiger partial charge in [0.15, 0.2) is 5.65 Å². The van der Waals surface area contributed by atoms with E-state index in [-0.39, 0.29) is 5.41 Å². The Bertz CT molecular complexity index is 1380. The molecule has 1 aliphatic heterocycles. The molecular formula is C28H34ClN7. The molecule has 1 aromatic carbocycles. The zero-order chi connectivity index (χ0) is 25.4. The van der Waals surface area contributed by atoms with Crippen LogP contribution in [0.15, 0.2) is 42.9 Å². The predicted molar refractivity (Wildman–Crippen MR) is 146 cm³/mol. The van der Waals surface area contributed by atoms with Crippen molar-refractivity contribution in [2.75, 3.05) is 31.1 Å². The fourth-order valence-electron chi connectivity index (χ4n) is 4.80. The van der Waals surface area contributed by atoms with Crippen molar-refractivity contribution in [3.63, 3.8) is 0 Å². The second-order valence-corrected chi connectivity index (χ2v) is 11.2. The van der Waals surface area contributed by atoms with E-state index in [4.69, 9.17) is 21.6 Å². The Morgan fingerprint density at radius 2 is 1.75 bits per heavy atom. The summed E-state index contributed by atoms with van der Waals surface area (Å²) in [6, 6.07) is 10.8. The van der Waals surface area contributed by atoms with E-state index in [2.05, 4.69) is 65.7 Å². The molecule has 4 aromatic rings. The summed E-state index contributed by atoms with van der Waals surface area (Å²) in [6.07, 6.45) is 4.36. The van der Waals surface area contributed by atoms with Crippen molar-refractivity contribution in [2.45, 2.75) is 46.1 Å². The third kappa shape index (κ3) is 5.22. The average Bonchev–Trinajstić information content (AvgIpc) is 3.21. The van der Waals surface area contributed by atoms with Gasteiger partial charge >= 0.3 is 0 Å². The number of pyridine rings is 1. The third-order valence-corrected chi connectivity index (χ3v) is 7.26. The number of piperazine rings is 1.